The van der Waals surface area contributed by atoms with Gasteiger partial charge in [0.05, 0.1) is 17.5 Å². The van der Waals surface area contributed by atoms with E-state index < -0.39 is 10.0 Å². The Hall–Kier alpha value is -2.23. The molecule has 0 radical (unpaired) electrons. The maximum Gasteiger partial charge on any atom is 0.243 e. The van der Waals surface area contributed by atoms with E-state index in [4.69, 9.17) is 0 Å². The van der Waals surface area contributed by atoms with Crippen molar-refractivity contribution >= 4 is 38.9 Å². The monoisotopic (exact) mass is 409 g/mol. The van der Waals surface area contributed by atoms with Gasteiger partial charge in [0.2, 0.25) is 21.8 Å². The molecule has 2 N–H and O–H groups in total. The van der Waals surface area contributed by atoms with Gasteiger partial charge in [0.25, 0.3) is 0 Å². The Labute approximate surface area is 163 Å². The summed E-state index contributed by atoms with van der Waals surface area (Å²) in [4.78, 5) is 24.4. The number of carbonyl (C=O) groups is 2. The molecule has 0 aliphatic carbocycles. The average molecular weight is 410 g/mol. The number of anilines is 1. The lowest BCUT2D eigenvalue weighted by molar-refractivity contribution is -0.122. The number of benzene rings is 1. The molecule has 0 spiro atoms. The van der Waals surface area contributed by atoms with Crippen molar-refractivity contribution in [3.05, 3.63) is 46.7 Å². The number of thiophene rings is 1. The lowest BCUT2D eigenvalue weighted by Crippen LogP contribution is -2.39. The van der Waals surface area contributed by atoms with Gasteiger partial charge in [-0.3, -0.25) is 9.59 Å². The number of hydrogen-bond donors (Lipinski definition) is 2. The first-order valence-corrected chi connectivity index (χ1v) is 10.7. The Bertz CT molecular complexity index is 878. The number of sulfonamides is 1. The van der Waals surface area contributed by atoms with Crippen LogP contribution in [-0.4, -0.2) is 38.1 Å². The predicted molar refractivity (Wildman–Crippen MR) is 106 cm³/mol. The van der Waals surface area contributed by atoms with Crippen molar-refractivity contribution in [1.82, 2.24) is 9.62 Å². The van der Waals surface area contributed by atoms with E-state index in [0.29, 0.717) is 12.1 Å². The smallest absolute Gasteiger partial charge is 0.243 e. The first kappa shape index (κ1) is 21.1. The fraction of sp³-hybridized carbons (Fsp3) is 0.333. The Balaban J connectivity index is 2.03. The summed E-state index contributed by atoms with van der Waals surface area (Å²) in [6, 6.07) is 9.53. The maximum atomic E-state index is 12.6. The molecule has 2 aromatic rings. The van der Waals surface area contributed by atoms with Gasteiger partial charge in [-0.05, 0) is 42.1 Å². The lowest BCUT2D eigenvalue weighted by atomic mass is 10.2. The zero-order valence-corrected chi connectivity index (χ0v) is 17.1. The molecule has 2 rings (SSSR count). The van der Waals surface area contributed by atoms with E-state index in [1.807, 2.05) is 24.4 Å². The van der Waals surface area contributed by atoms with Crippen LogP contribution in [0.2, 0.25) is 0 Å². The minimum atomic E-state index is -3.81. The topological polar surface area (TPSA) is 95.6 Å². The minimum Gasteiger partial charge on any atom is -0.347 e. The molecule has 0 saturated heterocycles. The number of nitrogens with one attached hydrogen (secondary N) is 2. The van der Waals surface area contributed by atoms with Gasteiger partial charge >= 0.3 is 0 Å². The van der Waals surface area contributed by atoms with Gasteiger partial charge < -0.3 is 10.6 Å². The highest BCUT2D eigenvalue weighted by atomic mass is 32.2. The number of hydrogen-bond acceptors (Lipinski definition) is 5. The number of carbonyl (C=O) groups excluding carboxylic acids is 2. The molecular weight excluding hydrogens is 386 g/mol. The van der Waals surface area contributed by atoms with Gasteiger partial charge in [0.1, 0.15) is 0 Å². The molecule has 1 heterocycles. The SMILES string of the molecule is CCC(NC(=O)CN(C)S(=O)(=O)c1ccc(NC(C)=O)cc1)c1cccs1. The first-order chi connectivity index (χ1) is 12.7. The van der Waals surface area contributed by atoms with E-state index in [9.17, 15) is 18.0 Å². The van der Waals surface area contributed by atoms with Crippen molar-refractivity contribution in [2.45, 2.75) is 31.2 Å². The number of rotatable bonds is 8. The maximum absolute atomic E-state index is 12.6. The normalized spacial score (nSPS) is 12.6. The molecular formula is C18H23N3O4S2. The zero-order valence-electron chi connectivity index (χ0n) is 15.4. The third-order valence-electron chi connectivity index (χ3n) is 3.88. The summed E-state index contributed by atoms with van der Waals surface area (Å²) in [7, 11) is -2.45. The Morgan fingerprint density at radius 2 is 1.85 bits per heavy atom. The van der Waals surface area contributed by atoms with E-state index >= 15 is 0 Å². The van der Waals surface area contributed by atoms with Crippen molar-refractivity contribution in [1.29, 1.82) is 0 Å². The molecule has 2 amide bonds. The Morgan fingerprint density at radius 1 is 1.19 bits per heavy atom. The van der Waals surface area contributed by atoms with Crippen LogP contribution in [0.1, 0.15) is 31.2 Å². The molecule has 7 nitrogen and oxygen atoms in total. The summed E-state index contributed by atoms with van der Waals surface area (Å²) in [5.74, 6) is -0.605. The molecule has 27 heavy (non-hydrogen) atoms. The molecule has 1 unspecified atom stereocenters. The van der Waals surface area contributed by atoms with Gasteiger partial charge in [-0.25, -0.2) is 8.42 Å². The van der Waals surface area contributed by atoms with E-state index in [1.165, 1.54) is 38.2 Å². The molecule has 0 aliphatic rings. The highest BCUT2D eigenvalue weighted by molar-refractivity contribution is 7.89. The van der Waals surface area contributed by atoms with E-state index in [-0.39, 0.29) is 29.3 Å². The van der Waals surface area contributed by atoms with E-state index in [0.717, 1.165) is 9.18 Å². The molecule has 1 atom stereocenters. The van der Waals surface area contributed by atoms with E-state index in [1.54, 1.807) is 11.3 Å². The van der Waals surface area contributed by atoms with Gasteiger partial charge in [-0.2, -0.15) is 4.31 Å². The largest absolute Gasteiger partial charge is 0.347 e. The number of nitrogens with zero attached hydrogens (tertiary/aromatic N) is 1. The Kier molecular flexibility index (Phi) is 7.11. The van der Waals surface area contributed by atoms with Gasteiger partial charge in [0, 0.05) is 24.5 Å². The van der Waals surface area contributed by atoms with Crippen molar-refractivity contribution in [3.63, 3.8) is 0 Å². The van der Waals surface area contributed by atoms with Crippen LogP contribution in [0.3, 0.4) is 0 Å². The van der Waals surface area contributed by atoms with Crippen LogP contribution in [0.15, 0.2) is 46.7 Å². The van der Waals surface area contributed by atoms with Crippen LogP contribution in [0, 0.1) is 0 Å². The van der Waals surface area contributed by atoms with Crippen LogP contribution in [0.4, 0.5) is 5.69 Å². The van der Waals surface area contributed by atoms with E-state index in [2.05, 4.69) is 10.6 Å². The number of likely N-dealkylation sites (N-methyl/N-ethyl adjacent to an activating group) is 1. The first-order valence-electron chi connectivity index (χ1n) is 8.40. The average Bonchev–Trinajstić information content (AvgIpc) is 3.14. The van der Waals surface area contributed by atoms with Gasteiger partial charge in [-0.1, -0.05) is 13.0 Å². The fourth-order valence-corrected chi connectivity index (χ4v) is 4.47. The highest BCUT2D eigenvalue weighted by Crippen LogP contribution is 2.22. The van der Waals surface area contributed by atoms with Gasteiger partial charge in [0.15, 0.2) is 0 Å². The molecule has 0 bridgehead atoms. The highest BCUT2D eigenvalue weighted by Gasteiger charge is 2.24. The second-order valence-corrected chi connectivity index (χ2v) is 9.03. The summed E-state index contributed by atoms with van der Waals surface area (Å²) in [6.07, 6.45) is 0.716. The third kappa shape index (κ3) is 5.62. The van der Waals surface area contributed by atoms with Crippen LogP contribution < -0.4 is 10.6 Å². The summed E-state index contributed by atoms with van der Waals surface area (Å²) in [5.41, 5.74) is 0.503. The Morgan fingerprint density at radius 3 is 2.37 bits per heavy atom. The van der Waals surface area contributed by atoms with Crippen LogP contribution in [0.5, 0.6) is 0 Å². The summed E-state index contributed by atoms with van der Waals surface area (Å²) in [6.45, 7) is 3.05. The zero-order chi connectivity index (χ0) is 20.0. The van der Waals surface area contributed by atoms with Crippen LogP contribution >= 0.6 is 11.3 Å². The molecule has 0 fully saturated rings. The van der Waals surface area contributed by atoms with Crippen LogP contribution in [-0.2, 0) is 19.6 Å². The molecule has 0 saturated carbocycles. The predicted octanol–water partition coefficient (Wildman–Crippen LogP) is 2.59. The summed E-state index contributed by atoms with van der Waals surface area (Å²) < 4.78 is 26.3. The molecule has 0 aliphatic heterocycles. The van der Waals surface area contributed by atoms with Crippen molar-refractivity contribution < 1.29 is 18.0 Å². The summed E-state index contributed by atoms with van der Waals surface area (Å²) in [5, 5.41) is 7.38. The van der Waals surface area contributed by atoms with Crippen molar-refractivity contribution in [3.8, 4) is 0 Å². The van der Waals surface area contributed by atoms with Crippen LogP contribution in [0.25, 0.3) is 0 Å². The molecule has 1 aromatic heterocycles. The number of amides is 2. The standard InChI is InChI=1S/C18H23N3O4S2/c1-4-16(17-6-5-11-26-17)20-18(23)12-21(3)27(24,25)15-9-7-14(8-10-15)19-13(2)22/h5-11,16H,4,12H2,1-3H3,(H,19,22)(H,20,23). The molecule has 9 heteroatoms. The minimum absolute atomic E-state index is 0.0530. The lowest BCUT2D eigenvalue weighted by Gasteiger charge is -2.20. The second-order valence-electron chi connectivity index (χ2n) is 6.01. The van der Waals surface area contributed by atoms with Crippen molar-refractivity contribution in [2.24, 2.45) is 0 Å². The van der Waals surface area contributed by atoms with Crippen molar-refractivity contribution in [2.75, 3.05) is 18.9 Å². The van der Waals surface area contributed by atoms with Gasteiger partial charge in [-0.15, -0.1) is 11.3 Å². The molecule has 1 aromatic carbocycles. The third-order valence-corrected chi connectivity index (χ3v) is 6.68. The second kappa shape index (κ2) is 9.12. The quantitative estimate of drug-likeness (QED) is 0.700. The molecule has 146 valence electrons. The summed E-state index contributed by atoms with van der Waals surface area (Å²) >= 11 is 1.55. The fourth-order valence-electron chi connectivity index (χ4n) is 2.48.